The zero-order valence-electron chi connectivity index (χ0n) is 10.0. The first-order valence-electron chi connectivity index (χ1n) is 5.87. The fraction of sp³-hybridized carbons (Fsp3) is 0.818. The van der Waals surface area contributed by atoms with Crippen molar-refractivity contribution in [3.8, 4) is 0 Å². The highest BCUT2D eigenvalue weighted by Gasteiger charge is 2.38. The van der Waals surface area contributed by atoms with Crippen molar-refractivity contribution in [1.29, 1.82) is 0 Å². The van der Waals surface area contributed by atoms with Crippen LogP contribution in [-0.2, 0) is 9.59 Å². The van der Waals surface area contributed by atoms with Crippen molar-refractivity contribution in [1.82, 2.24) is 4.90 Å². The van der Waals surface area contributed by atoms with E-state index >= 15 is 0 Å². The normalized spacial score (nSPS) is 25.9. The topological polar surface area (TPSA) is 104 Å². The quantitative estimate of drug-likeness (QED) is 0.607. The van der Waals surface area contributed by atoms with E-state index in [0.29, 0.717) is 6.42 Å². The predicted molar refractivity (Wildman–Crippen MR) is 61.3 cm³/mol. The number of carboxylic acid groups (broad SMARTS) is 1. The van der Waals surface area contributed by atoms with Gasteiger partial charge in [0, 0.05) is 25.4 Å². The molecule has 17 heavy (non-hydrogen) atoms. The predicted octanol–water partition coefficient (Wildman–Crippen LogP) is -0.450. The summed E-state index contributed by atoms with van der Waals surface area (Å²) in [7, 11) is 0. The molecule has 1 heterocycles. The van der Waals surface area contributed by atoms with Crippen LogP contribution in [-0.4, -0.2) is 51.7 Å². The number of aliphatic carboxylic acids is 1. The van der Waals surface area contributed by atoms with Gasteiger partial charge in [-0.05, 0) is 19.8 Å². The first-order chi connectivity index (χ1) is 7.91. The number of likely N-dealkylation sites (tertiary alicyclic amines) is 1. The first kappa shape index (κ1) is 13.9. The second-order valence-corrected chi connectivity index (χ2v) is 4.66. The van der Waals surface area contributed by atoms with Gasteiger partial charge in [0.1, 0.15) is 6.04 Å². The van der Waals surface area contributed by atoms with Crippen molar-refractivity contribution >= 4 is 11.9 Å². The van der Waals surface area contributed by atoms with Crippen molar-refractivity contribution in [2.45, 2.75) is 50.8 Å². The Hall–Kier alpha value is -1.14. The lowest BCUT2D eigenvalue weighted by Gasteiger charge is -2.21. The summed E-state index contributed by atoms with van der Waals surface area (Å²) >= 11 is 0. The minimum atomic E-state index is -1.05. The van der Waals surface area contributed by atoms with E-state index < -0.39 is 18.1 Å². The van der Waals surface area contributed by atoms with Gasteiger partial charge in [-0.2, -0.15) is 0 Å². The van der Waals surface area contributed by atoms with Gasteiger partial charge in [0.05, 0.1) is 6.10 Å². The van der Waals surface area contributed by atoms with Gasteiger partial charge in [-0.3, -0.25) is 4.79 Å². The molecule has 0 aromatic rings. The number of rotatable bonds is 5. The van der Waals surface area contributed by atoms with Gasteiger partial charge in [0.15, 0.2) is 0 Å². The number of nitrogens with zero attached hydrogens (tertiary/aromatic N) is 1. The lowest BCUT2D eigenvalue weighted by atomic mass is 10.1. The second kappa shape index (κ2) is 5.97. The van der Waals surface area contributed by atoms with Crippen LogP contribution < -0.4 is 5.73 Å². The molecule has 0 saturated carbocycles. The number of amides is 1. The fourth-order valence-corrected chi connectivity index (χ4v) is 2.04. The zero-order valence-corrected chi connectivity index (χ0v) is 10.0. The van der Waals surface area contributed by atoms with Crippen LogP contribution in [0.5, 0.6) is 0 Å². The SMILES string of the molecule is CC(N)CCCC(=O)N1CC(O)C[C@H]1C(=O)O. The molecule has 0 aromatic carbocycles. The molecule has 1 saturated heterocycles. The summed E-state index contributed by atoms with van der Waals surface area (Å²) in [5.74, 6) is -1.27. The van der Waals surface area contributed by atoms with E-state index in [-0.39, 0.29) is 31.3 Å². The van der Waals surface area contributed by atoms with E-state index in [4.69, 9.17) is 10.8 Å². The number of β-amino-alcohol motifs (C(OH)–C–C–N with tert-alkyl or cyclic N) is 1. The van der Waals surface area contributed by atoms with Crippen molar-refractivity contribution in [3.05, 3.63) is 0 Å². The van der Waals surface area contributed by atoms with Crippen LogP contribution in [0.25, 0.3) is 0 Å². The van der Waals surface area contributed by atoms with Gasteiger partial charge in [-0.1, -0.05) is 0 Å². The molecule has 0 aliphatic carbocycles. The van der Waals surface area contributed by atoms with Gasteiger partial charge in [-0.15, -0.1) is 0 Å². The third kappa shape index (κ3) is 3.98. The van der Waals surface area contributed by atoms with Crippen molar-refractivity contribution in [2.24, 2.45) is 5.73 Å². The highest BCUT2D eigenvalue weighted by molar-refractivity contribution is 5.84. The molecule has 1 fully saturated rings. The summed E-state index contributed by atoms with van der Waals surface area (Å²) in [4.78, 5) is 24.0. The maximum atomic E-state index is 11.8. The van der Waals surface area contributed by atoms with Gasteiger partial charge in [-0.25, -0.2) is 4.79 Å². The third-order valence-electron chi connectivity index (χ3n) is 2.93. The molecule has 1 amide bonds. The summed E-state index contributed by atoms with van der Waals surface area (Å²) in [5.41, 5.74) is 5.57. The average molecular weight is 244 g/mol. The molecule has 1 aliphatic heterocycles. The maximum absolute atomic E-state index is 11.8. The largest absolute Gasteiger partial charge is 0.480 e. The second-order valence-electron chi connectivity index (χ2n) is 4.66. The number of hydrogen-bond acceptors (Lipinski definition) is 4. The smallest absolute Gasteiger partial charge is 0.326 e. The molecule has 2 unspecified atom stereocenters. The fourth-order valence-electron chi connectivity index (χ4n) is 2.04. The Bertz CT molecular complexity index is 293. The van der Waals surface area contributed by atoms with Crippen molar-refractivity contribution in [3.63, 3.8) is 0 Å². The summed E-state index contributed by atoms with van der Waals surface area (Å²) in [6, 6.07) is -0.838. The van der Waals surface area contributed by atoms with Gasteiger partial charge >= 0.3 is 5.97 Å². The van der Waals surface area contributed by atoms with E-state index in [0.717, 1.165) is 6.42 Å². The van der Waals surface area contributed by atoms with E-state index in [2.05, 4.69) is 0 Å². The van der Waals surface area contributed by atoms with Crippen LogP contribution in [0.1, 0.15) is 32.6 Å². The number of carboxylic acids is 1. The molecular weight excluding hydrogens is 224 g/mol. The van der Waals surface area contributed by atoms with E-state index in [1.54, 1.807) is 0 Å². The Morgan fingerprint density at radius 3 is 2.71 bits per heavy atom. The summed E-state index contributed by atoms with van der Waals surface area (Å²) in [6.07, 6.45) is 1.07. The molecular formula is C11H20N2O4. The van der Waals surface area contributed by atoms with Crippen LogP contribution in [0.2, 0.25) is 0 Å². The highest BCUT2D eigenvalue weighted by atomic mass is 16.4. The molecule has 0 bridgehead atoms. The first-order valence-corrected chi connectivity index (χ1v) is 5.87. The molecule has 4 N–H and O–H groups in total. The number of nitrogens with two attached hydrogens (primary N) is 1. The van der Waals surface area contributed by atoms with Crippen LogP contribution in [0, 0.1) is 0 Å². The van der Waals surface area contributed by atoms with Gasteiger partial charge in [0.25, 0.3) is 0 Å². The monoisotopic (exact) mass is 244 g/mol. The lowest BCUT2D eigenvalue weighted by molar-refractivity contribution is -0.148. The number of carbonyl (C=O) groups excluding carboxylic acids is 1. The molecule has 1 aliphatic rings. The summed E-state index contributed by atoms with van der Waals surface area (Å²) in [6.45, 7) is 1.98. The molecule has 0 spiro atoms. The molecule has 6 nitrogen and oxygen atoms in total. The van der Waals surface area contributed by atoms with Crippen LogP contribution in [0.4, 0.5) is 0 Å². The van der Waals surface area contributed by atoms with Gasteiger partial charge in [0.2, 0.25) is 5.91 Å². The number of aliphatic hydroxyl groups excluding tert-OH is 1. The molecule has 3 atom stereocenters. The Morgan fingerprint density at radius 2 is 2.18 bits per heavy atom. The Morgan fingerprint density at radius 1 is 1.53 bits per heavy atom. The molecule has 6 heteroatoms. The zero-order chi connectivity index (χ0) is 13.0. The Balaban J connectivity index is 2.47. The van der Waals surface area contributed by atoms with E-state index in [9.17, 15) is 14.7 Å². The standard InChI is InChI=1S/C11H20N2O4/c1-7(12)3-2-4-10(15)13-6-8(14)5-9(13)11(16)17/h7-9,14H,2-6,12H2,1H3,(H,16,17)/t7?,8?,9-/m0/s1. The number of hydrogen-bond donors (Lipinski definition) is 3. The summed E-state index contributed by atoms with van der Waals surface area (Å²) < 4.78 is 0. The Labute approximate surface area is 100 Å². The summed E-state index contributed by atoms with van der Waals surface area (Å²) in [5, 5.41) is 18.3. The number of carbonyl (C=O) groups is 2. The van der Waals surface area contributed by atoms with Crippen LogP contribution in [0.3, 0.4) is 0 Å². The average Bonchev–Trinajstić information content (AvgIpc) is 2.59. The lowest BCUT2D eigenvalue weighted by Crippen LogP contribution is -2.40. The molecule has 98 valence electrons. The maximum Gasteiger partial charge on any atom is 0.326 e. The molecule has 1 rings (SSSR count). The van der Waals surface area contributed by atoms with E-state index in [1.165, 1.54) is 4.90 Å². The molecule has 0 aromatic heterocycles. The van der Waals surface area contributed by atoms with Crippen molar-refractivity contribution in [2.75, 3.05) is 6.54 Å². The van der Waals surface area contributed by atoms with Gasteiger partial charge < -0.3 is 20.8 Å². The van der Waals surface area contributed by atoms with Crippen LogP contribution in [0.15, 0.2) is 0 Å². The minimum absolute atomic E-state index is 0.0437. The number of aliphatic hydroxyl groups is 1. The van der Waals surface area contributed by atoms with Crippen molar-refractivity contribution < 1.29 is 19.8 Å². The minimum Gasteiger partial charge on any atom is -0.480 e. The third-order valence-corrected chi connectivity index (χ3v) is 2.93. The molecule has 0 radical (unpaired) electrons. The van der Waals surface area contributed by atoms with E-state index in [1.807, 2.05) is 6.92 Å². The van der Waals surface area contributed by atoms with Crippen LogP contribution >= 0.6 is 0 Å². The Kier molecular flexibility index (Phi) is 4.89. The highest BCUT2D eigenvalue weighted by Crippen LogP contribution is 2.19.